The number of hydrogen-bond acceptors (Lipinski definition) is 5. The van der Waals surface area contributed by atoms with Gasteiger partial charge in [0.25, 0.3) is 11.8 Å². The highest BCUT2D eigenvalue weighted by molar-refractivity contribution is 6.09. The molecule has 8 nitrogen and oxygen atoms in total. The number of nitrogens with one attached hydrogen (secondary N) is 2. The quantitative estimate of drug-likeness (QED) is 0.575. The number of imide groups is 1. The zero-order valence-electron chi connectivity index (χ0n) is 16.0. The van der Waals surface area contributed by atoms with Crippen LogP contribution < -0.4 is 10.6 Å². The maximum atomic E-state index is 12.8. The van der Waals surface area contributed by atoms with Crippen LogP contribution in [0.15, 0.2) is 60.7 Å². The van der Waals surface area contributed by atoms with Crippen molar-refractivity contribution in [2.45, 2.75) is 25.5 Å². The maximum Gasteiger partial charge on any atom is 0.327 e. The Balaban J connectivity index is 1.61. The first-order valence-corrected chi connectivity index (χ1v) is 9.06. The monoisotopic (exact) mass is 395 g/mol. The SMILES string of the molecule is CC(OC(=O)CN1C(=O)NC(C)(c2ccccc2)C1=O)C(=O)Nc1ccccc1. The molecule has 1 saturated heterocycles. The first kappa shape index (κ1) is 20.1. The number of carbonyl (C=O) groups is 4. The van der Waals surface area contributed by atoms with E-state index in [0.717, 1.165) is 4.90 Å². The summed E-state index contributed by atoms with van der Waals surface area (Å²) in [7, 11) is 0. The second kappa shape index (κ2) is 8.14. The predicted octanol–water partition coefficient (Wildman–Crippen LogP) is 2.02. The number of urea groups is 1. The fourth-order valence-corrected chi connectivity index (χ4v) is 2.99. The van der Waals surface area contributed by atoms with Crippen LogP contribution in [0.5, 0.6) is 0 Å². The van der Waals surface area contributed by atoms with Gasteiger partial charge >= 0.3 is 12.0 Å². The number of esters is 1. The van der Waals surface area contributed by atoms with Gasteiger partial charge in [-0.1, -0.05) is 48.5 Å². The Bertz CT molecular complexity index is 932. The fraction of sp³-hybridized carbons (Fsp3) is 0.238. The van der Waals surface area contributed by atoms with Gasteiger partial charge in [0.05, 0.1) is 0 Å². The second-order valence-corrected chi connectivity index (χ2v) is 6.80. The van der Waals surface area contributed by atoms with Crippen molar-refractivity contribution in [1.29, 1.82) is 0 Å². The molecule has 0 bridgehead atoms. The lowest BCUT2D eigenvalue weighted by atomic mass is 9.92. The Kier molecular flexibility index (Phi) is 5.63. The van der Waals surface area contributed by atoms with Crippen LogP contribution in [-0.2, 0) is 24.7 Å². The van der Waals surface area contributed by atoms with Crippen molar-refractivity contribution in [2.24, 2.45) is 0 Å². The molecular weight excluding hydrogens is 374 g/mol. The number of amides is 4. The van der Waals surface area contributed by atoms with Gasteiger partial charge in [-0.3, -0.25) is 19.3 Å². The number of para-hydroxylation sites is 1. The van der Waals surface area contributed by atoms with Crippen LogP contribution in [0, 0.1) is 0 Å². The number of hydrogen-bond donors (Lipinski definition) is 2. The summed E-state index contributed by atoms with van der Waals surface area (Å²) in [6.45, 7) is 2.40. The zero-order chi connectivity index (χ0) is 21.0. The molecule has 0 saturated carbocycles. The summed E-state index contributed by atoms with van der Waals surface area (Å²) in [6.07, 6.45) is -1.09. The summed E-state index contributed by atoms with van der Waals surface area (Å²) in [5.74, 6) is -1.94. The van der Waals surface area contributed by atoms with Crippen molar-refractivity contribution < 1.29 is 23.9 Å². The van der Waals surface area contributed by atoms with Crippen LogP contribution in [0.25, 0.3) is 0 Å². The average molecular weight is 395 g/mol. The molecule has 150 valence electrons. The Morgan fingerprint density at radius 2 is 1.66 bits per heavy atom. The highest BCUT2D eigenvalue weighted by Gasteiger charge is 2.49. The second-order valence-electron chi connectivity index (χ2n) is 6.80. The topological polar surface area (TPSA) is 105 Å². The molecule has 2 unspecified atom stereocenters. The van der Waals surface area contributed by atoms with Crippen LogP contribution in [0.4, 0.5) is 10.5 Å². The van der Waals surface area contributed by atoms with Crippen molar-refractivity contribution in [3.8, 4) is 0 Å². The molecule has 0 aromatic heterocycles. The van der Waals surface area contributed by atoms with Gasteiger partial charge in [0.15, 0.2) is 6.10 Å². The average Bonchev–Trinajstić information content (AvgIpc) is 2.93. The standard InChI is InChI=1S/C21H21N3O5/c1-14(18(26)22-16-11-7-4-8-12-16)29-17(25)13-24-19(27)21(2,23-20(24)28)15-9-5-3-6-10-15/h3-12,14H,13H2,1-2H3,(H,22,26)(H,23,28). The summed E-state index contributed by atoms with van der Waals surface area (Å²) in [5, 5.41) is 5.23. The number of ether oxygens (including phenoxy) is 1. The van der Waals surface area contributed by atoms with E-state index >= 15 is 0 Å². The van der Waals surface area contributed by atoms with E-state index in [9.17, 15) is 19.2 Å². The largest absolute Gasteiger partial charge is 0.451 e. The molecule has 2 N–H and O–H groups in total. The molecule has 1 heterocycles. The number of nitrogens with zero attached hydrogens (tertiary/aromatic N) is 1. The lowest BCUT2D eigenvalue weighted by Gasteiger charge is -2.22. The molecule has 0 aliphatic carbocycles. The molecule has 3 rings (SSSR count). The first-order chi connectivity index (χ1) is 13.8. The molecule has 8 heteroatoms. The van der Waals surface area contributed by atoms with E-state index in [1.807, 2.05) is 0 Å². The molecule has 2 aromatic rings. The van der Waals surface area contributed by atoms with Gasteiger partial charge in [0.1, 0.15) is 12.1 Å². The van der Waals surface area contributed by atoms with E-state index in [2.05, 4.69) is 10.6 Å². The molecule has 4 amide bonds. The third-order valence-electron chi connectivity index (χ3n) is 4.63. The van der Waals surface area contributed by atoms with E-state index in [1.54, 1.807) is 67.6 Å². The molecular formula is C21H21N3O5. The van der Waals surface area contributed by atoms with Gasteiger partial charge < -0.3 is 15.4 Å². The van der Waals surface area contributed by atoms with Crippen LogP contribution in [-0.4, -0.2) is 41.4 Å². The summed E-state index contributed by atoms with van der Waals surface area (Å²) in [4.78, 5) is 50.2. The molecule has 2 atom stereocenters. The number of benzene rings is 2. The molecule has 0 radical (unpaired) electrons. The Morgan fingerprint density at radius 3 is 2.28 bits per heavy atom. The van der Waals surface area contributed by atoms with Gasteiger partial charge in [-0.05, 0) is 31.5 Å². The van der Waals surface area contributed by atoms with Crippen molar-refractivity contribution >= 4 is 29.5 Å². The smallest absolute Gasteiger partial charge is 0.327 e. The molecule has 1 aliphatic rings. The minimum absolute atomic E-state index is 0.518. The minimum atomic E-state index is -1.27. The molecule has 1 aliphatic heterocycles. The van der Waals surface area contributed by atoms with E-state index < -0.39 is 42.0 Å². The van der Waals surface area contributed by atoms with Gasteiger partial charge in [0.2, 0.25) is 0 Å². The van der Waals surface area contributed by atoms with E-state index in [0.29, 0.717) is 11.3 Å². The lowest BCUT2D eigenvalue weighted by molar-refractivity contribution is -0.155. The minimum Gasteiger partial charge on any atom is -0.451 e. The summed E-state index contributed by atoms with van der Waals surface area (Å²) >= 11 is 0. The summed E-state index contributed by atoms with van der Waals surface area (Å²) in [6, 6.07) is 16.8. The summed E-state index contributed by atoms with van der Waals surface area (Å²) in [5.41, 5.74) is -0.104. The van der Waals surface area contributed by atoms with Gasteiger partial charge in [0, 0.05) is 5.69 Å². The Labute approximate surface area is 167 Å². The Hall–Kier alpha value is -3.68. The van der Waals surface area contributed by atoms with Crippen LogP contribution in [0.3, 0.4) is 0 Å². The zero-order valence-corrected chi connectivity index (χ0v) is 16.0. The van der Waals surface area contributed by atoms with Gasteiger partial charge in [-0.15, -0.1) is 0 Å². The van der Waals surface area contributed by atoms with E-state index in [1.165, 1.54) is 6.92 Å². The number of rotatable bonds is 6. The predicted molar refractivity (Wildman–Crippen MR) is 105 cm³/mol. The van der Waals surface area contributed by atoms with Gasteiger partial charge in [-0.25, -0.2) is 4.79 Å². The molecule has 1 fully saturated rings. The normalized spacial score (nSPS) is 19.4. The molecule has 29 heavy (non-hydrogen) atoms. The van der Waals surface area contributed by atoms with Crippen LogP contribution >= 0.6 is 0 Å². The van der Waals surface area contributed by atoms with Crippen LogP contribution in [0.1, 0.15) is 19.4 Å². The van der Waals surface area contributed by atoms with Crippen molar-refractivity contribution in [2.75, 3.05) is 11.9 Å². The third-order valence-corrected chi connectivity index (χ3v) is 4.63. The van der Waals surface area contributed by atoms with Crippen molar-refractivity contribution in [3.63, 3.8) is 0 Å². The lowest BCUT2D eigenvalue weighted by Crippen LogP contribution is -2.42. The highest BCUT2D eigenvalue weighted by Crippen LogP contribution is 2.28. The van der Waals surface area contributed by atoms with E-state index in [-0.39, 0.29) is 0 Å². The third kappa shape index (κ3) is 4.26. The Morgan fingerprint density at radius 1 is 1.07 bits per heavy atom. The summed E-state index contributed by atoms with van der Waals surface area (Å²) < 4.78 is 5.09. The van der Waals surface area contributed by atoms with Crippen molar-refractivity contribution in [1.82, 2.24) is 10.2 Å². The van der Waals surface area contributed by atoms with E-state index in [4.69, 9.17) is 4.74 Å². The van der Waals surface area contributed by atoms with Crippen molar-refractivity contribution in [3.05, 3.63) is 66.2 Å². The highest BCUT2D eigenvalue weighted by atomic mass is 16.5. The first-order valence-electron chi connectivity index (χ1n) is 9.06. The number of carbonyl (C=O) groups excluding carboxylic acids is 4. The molecule has 0 spiro atoms. The number of anilines is 1. The fourth-order valence-electron chi connectivity index (χ4n) is 2.99. The molecule has 2 aromatic carbocycles. The van der Waals surface area contributed by atoms with Crippen LogP contribution in [0.2, 0.25) is 0 Å². The maximum absolute atomic E-state index is 12.8. The van der Waals surface area contributed by atoms with Gasteiger partial charge in [-0.2, -0.15) is 0 Å².